The first-order valence-corrected chi connectivity index (χ1v) is 8.72. The molecule has 0 radical (unpaired) electrons. The molecule has 0 spiro atoms. The number of likely N-dealkylation sites (tertiary alicyclic amines) is 1. The first kappa shape index (κ1) is 19.7. The predicted molar refractivity (Wildman–Crippen MR) is 91.3 cm³/mol. The largest absolute Gasteiger partial charge is 0.444 e. The molecule has 23 heavy (non-hydrogen) atoms. The van der Waals surface area contributed by atoms with Crippen LogP contribution >= 0.6 is 0 Å². The van der Waals surface area contributed by atoms with E-state index >= 15 is 0 Å². The highest BCUT2D eigenvalue weighted by molar-refractivity contribution is 5.76. The van der Waals surface area contributed by atoms with Crippen LogP contribution in [0.4, 0.5) is 4.79 Å². The lowest BCUT2D eigenvalue weighted by Gasteiger charge is -2.28. The van der Waals surface area contributed by atoms with Crippen LogP contribution in [0.2, 0.25) is 0 Å². The van der Waals surface area contributed by atoms with Gasteiger partial charge in [-0.1, -0.05) is 6.92 Å². The van der Waals surface area contributed by atoms with Crippen LogP contribution in [0.15, 0.2) is 0 Å². The number of carbonyl (C=O) groups excluding carboxylic acids is 2. The molecule has 1 saturated heterocycles. The van der Waals surface area contributed by atoms with Gasteiger partial charge in [0.25, 0.3) is 0 Å². The second kappa shape index (κ2) is 9.11. The third kappa shape index (κ3) is 7.68. The van der Waals surface area contributed by atoms with Gasteiger partial charge >= 0.3 is 6.09 Å². The maximum absolute atomic E-state index is 12.2. The molecule has 0 aromatic heterocycles. The van der Waals surface area contributed by atoms with Crippen molar-refractivity contribution in [3.05, 3.63) is 0 Å². The Morgan fingerprint density at radius 2 is 2.04 bits per heavy atom. The normalized spacial score (nSPS) is 19.5. The van der Waals surface area contributed by atoms with Crippen molar-refractivity contribution in [2.24, 2.45) is 0 Å². The van der Waals surface area contributed by atoms with Crippen LogP contribution in [-0.2, 0) is 9.53 Å². The summed E-state index contributed by atoms with van der Waals surface area (Å²) in [5, 5.41) is 6.23. The van der Waals surface area contributed by atoms with Gasteiger partial charge < -0.3 is 20.3 Å². The number of nitrogens with zero attached hydrogens (tertiary/aromatic N) is 1. The third-order valence-electron chi connectivity index (χ3n) is 3.93. The van der Waals surface area contributed by atoms with Crippen molar-refractivity contribution in [2.45, 2.75) is 78.0 Å². The highest BCUT2D eigenvalue weighted by atomic mass is 16.6. The molecule has 2 N–H and O–H groups in total. The lowest BCUT2D eigenvalue weighted by atomic mass is 10.2. The third-order valence-corrected chi connectivity index (χ3v) is 3.93. The van der Waals surface area contributed by atoms with Crippen molar-refractivity contribution in [2.75, 3.05) is 19.6 Å². The minimum absolute atomic E-state index is 0.0715. The number of carbonyl (C=O) groups is 2. The van der Waals surface area contributed by atoms with E-state index in [0.29, 0.717) is 19.5 Å². The van der Waals surface area contributed by atoms with Crippen molar-refractivity contribution in [1.29, 1.82) is 0 Å². The standard InChI is InChI=1S/C17H33N3O3/c1-6-13(2)19-15(21)9-10-18-12-14-8-7-11-20(14)16(22)23-17(3,4)5/h13-14,18H,6-12H2,1-5H3,(H,19,21). The zero-order chi connectivity index (χ0) is 17.5. The van der Waals surface area contributed by atoms with E-state index in [-0.39, 0.29) is 24.1 Å². The van der Waals surface area contributed by atoms with Crippen molar-refractivity contribution in [3.63, 3.8) is 0 Å². The number of hydrogen-bond donors (Lipinski definition) is 2. The molecule has 1 rings (SSSR count). The Morgan fingerprint density at radius 3 is 2.65 bits per heavy atom. The van der Waals surface area contributed by atoms with Gasteiger partial charge in [0, 0.05) is 38.1 Å². The van der Waals surface area contributed by atoms with E-state index < -0.39 is 5.60 Å². The second-order valence-corrected chi connectivity index (χ2v) is 7.30. The van der Waals surface area contributed by atoms with Gasteiger partial charge in [0.1, 0.15) is 5.60 Å². The smallest absolute Gasteiger partial charge is 0.410 e. The molecule has 6 nitrogen and oxygen atoms in total. The fourth-order valence-corrected chi connectivity index (χ4v) is 2.53. The molecule has 1 aliphatic rings. The molecule has 0 aromatic carbocycles. The molecule has 1 heterocycles. The lowest BCUT2D eigenvalue weighted by molar-refractivity contribution is -0.121. The number of nitrogens with one attached hydrogen (secondary N) is 2. The topological polar surface area (TPSA) is 70.7 Å². The van der Waals surface area contributed by atoms with E-state index in [1.165, 1.54) is 0 Å². The summed E-state index contributed by atoms with van der Waals surface area (Å²) >= 11 is 0. The second-order valence-electron chi connectivity index (χ2n) is 7.30. The SMILES string of the molecule is CCC(C)NC(=O)CCNCC1CCCN1C(=O)OC(C)(C)C. The average molecular weight is 327 g/mol. The first-order valence-electron chi connectivity index (χ1n) is 8.72. The number of rotatable bonds is 7. The van der Waals surface area contributed by atoms with Gasteiger partial charge in [-0.2, -0.15) is 0 Å². The number of amides is 2. The summed E-state index contributed by atoms with van der Waals surface area (Å²) in [6.45, 7) is 11.8. The van der Waals surface area contributed by atoms with Crippen LogP contribution < -0.4 is 10.6 Å². The minimum atomic E-state index is -0.467. The number of ether oxygens (including phenoxy) is 1. The monoisotopic (exact) mass is 327 g/mol. The van der Waals surface area contributed by atoms with Gasteiger partial charge in [-0.25, -0.2) is 4.79 Å². The van der Waals surface area contributed by atoms with Crippen LogP contribution in [0.5, 0.6) is 0 Å². The van der Waals surface area contributed by atoms with E-state index in [1.807, 2.05) is 27.7 Å². The molecule has 6 heteroatoms. The Kier molecular flexibility index (Phi) is 7.82. The lowest BCUT2D eigenvalue weighted by Crippen LogP contribution is -2.44. The van der Waals surface area contributed by atoms with Crippen molar-refractivity contribution in [3.8, 4) is 0 Å². The van der Waals surface area contributed by atoms with E-state index in [4.69, 9.17) is 4.74 Å². The van der Waals surface area contributed by atoms with Gasteiger partial charge in [-0.15, -0.1) is 0 Å². The highest BCUT2D eigenvalue weighted by Gasteiger charge is 2.31. The Labute approximate surface area is 140 Å². The van der Waals surface area contributed by atoms with Gasteiger partial charge in [-0.05, 0) is 47.0 Å². The zero-order valence-electron chi connectivity index (χ0n) is 15.3. The van der Waals surface area contributed by atoms with Crippen LogP contribution in [-0.4, -0.2) is 54.2 Å². The molecule has 1 fully saturated rings. The van der Waals surface area contributed by atoms with E-state index in [1.54, 1.807) is 4.90 Å². The van der Waals surface area contributed by atoms with Crippen LogP contribution in [0.3, 0.4) is 0 Å². The minimum Gasteiger partial charge on any atom is -0.444 e. The summed E-state index contributed by atoms with van der Waals surface area (Å²) in [6.07, 6.45) is 3.14. The fraction of sp³-hybridized carbons (Fsp3) is 0.882. The predicted octanol–water partition coefficient (Wildman–Crippen LogP) is 2.28. The highest BCUT2D eigenvalue weighted by Crippen LogP contribution is 2.20. The van der Waals surface area contributed by atoms with E-state index in [9.17, 15) is 9.59 Å². The molecular formula is C17H33N3O3. The average Bonchev–Trinajstić information content (AvgIpc) is 2.90. The Hall–Kier alpha value is -1.30. The van der Waals surface area contributed by atoms with Crippen LogP contribution in [0, 0.1) is 0 Å². The molecule has 2 atom stereocenters. The van der Waals surface area contributed by atoms with Crippen LogP contribution in [0.25, 0.3) is 0 Å². The summed E-state index contributed by atoms with van der Waals surface area (Å²) in [7, 11) is 0. The number of hydrogen-bond acceptors (Lipinski definition) is 4. The van der Waals surface area contributed by atoms with Gasteiger partial charge in [0.15, 0.2) is 0 Å². The molecule has 0 bridgehead atoms. The zero-order valence-corrected chi connectivity index (χ0v) is 15.3. The Morgan fingerprint density at radius 1 is 1.35 bits per heavy atom. The Bertz CT molecular complexity index is 393. The van der Waals surface area contributed by atoms with Crippen molar-refractivity contribution >= 4 is 12.0 Å². The van der Waals surface area contributed by atoms with Crippen LogP contribution in [0.1, 0.15) is 60.3 Å². The molecule has 0 aliphatic carbocycles. The summed E-state index contributed by atoms with van der Waals surface area (Å²) < 4.78 is 5.45. The molecule has 0 aromatic rings. The van der Waals surface area contributed by atoms with Crippen molar-refractivity contribution < 1.29 is 14.3 Å². The van der Waals surface area contributed by atoms with Gasteiger partial charge in [0.05, 0.1) is 0 Å². The van der Waals surface area contributed by atoms with Crippen molar-refractivity contribution in [1.82, 2.24) is 15.5 Å². The summed E-state index contributed by atoms with van der Waals surface area (Å²) in [5.41, 5.74) is -0.467. The van der Waals surface area contributed by atoms with E-state index in [2.05, 4.69) is 17.6 Å². The summed E-state index contributed by atoms with van der Waals surface area (Å²) in [5.74, 6) is 0.0715. The fourth-order valence-electron chi connectivity index (χ4n) is 2.53. The molecule has 2 unspecified atom stereocenters. The molecule has 0 saturated carbocycles. The van der Waals surface area contributed by atoms with E-state index in [0.717, 1.165) is 25.8 Å². The first-order chi connectivity index (χ1) is 10.7. The Balaban J connectivity index is 2.28. The summed E-state index contributed by atoms with van der Waals surface area (Å²) in [6, 6.07) is 0.377. The molecule has 134 valence electrons. The molecule has 1 aliphatic heterocycles. The molecular weight excluding hydrogens is 294 g/mol. The summed E-state index contributed by atoms with van der Waals surface area (Å²) in [4.78, 5) is 25.7. The maximum atomic E-state index is 12.2. The quantitative estimate of drug-likeness (QED) is 0.704. The molecule has 2 amide bonds. The van der Waals surface area contributed by atoms with Gasteiger partial charge in [-0.3, -0.25) is 4.79 Å². The maximum Gasteiger partial charge on any atom is 0.410 e. The van der Waals surface area contributed by atoms with Gasteiger partial charge in [0.2, 0.25) is 5.91 Å².